The summed E-state index contributed by atoms with van der Waals surface area (Å²) in [5.74, 6) is 1.06. The summed E-state index contributed by atoms with van der Waals surface area (Å²) in [6.45, 7) is 6.67. The van der Waals surface area contributed by atoms with Gasteiger partial charge in [0.15, 0.2) is 0 Å². The Morgan fingerprint density at radius 3 is 2.70 bits per heavy atom. The Labute approximate surface area is 138 Å². The molecule has 2 fully saturated rings. The van der Waals surface area contributed by atoms with Gasteiger partial charge in [0.2, 0.25) is 10.0 Å². The van der Waals surface area contributed by atoms with Gasteiger partial charge in [0.1, 0.15) is 5.82 Å². The van der Waals surface area contributed by atoms with E-state index < -0.39 is 10.0 Å². The lowest BCUT2D eigenvalue weighted by molar-refractivity contribution is 0.331. The molecular weight excluding hydrogens is 312 g/mol. The molecule has 0 radical (unpaired) electrons. The molecule has 2 saturated heterocycles. The van der Waals surface area contributed by atoms with E-state index in [1.165, 1.54) is 12.8 Å². The van der Waals surface area contributed by atoms with Crippen molar-refractivity contribution in [1.29, 1.82) is 0 Å². The molecular formula is C16H26N4O2S. The van der Waals surface area contributed by atoms with Crippen molar-refractivity contribution in [3.63, 3.8) is 0 Å². The Bertz CT molecular complexity index is 611. The SMILES string of the molecule is CCNS(=O)(=O)[C@H]1CCN(Cc2ccc(N3CCCC3)nc2)C1. The summed E-state index contributed by atoms with van der Waals surface area (Å²) >= 11 is 0. The van der Waals surface area contributed by atoms with Crippen molar-refractivity contribution < 1.29 is 8.42 Å². The van der Waals surface area contributed by atoms with Crippen LogP contribution in [0.15, 0.2) is 18.3 Å². The highest BCUT2D eigenvalue weighted by molar-refractivity contribution is 7.90. The average molecular weight is 338 g/mol. The Balaban J connectivity index is 1.56. The summed E-state index contributed by atoms with van der Waals surface area (Å²) in [4.78, 5) is 9.09. The third-order valence-corrected chi connectivity index (χ3v) is 6.61. The molecule has 0 saturated carbocycles. The first-order chi connectivity index (χ1) is 11.1. The molecule has 1 aromatic heterocycles. The Morgan fingerprint density at radius 1 is 1.26 bits per heavy atom. The van der Waals surface area contributed by atoms with E-state index in [1.807, 2.05) is 13.1 Å². The zero-order valence-corrected chi connectivity index (χ0v) is 14.6. The standard InChI is InChI=1S/C16H26N4O2S/c1-2-18-23(21,22)15-7-10-19(13-15)12-14-5-6-16(17-11-14)20-8-3-4-9-20/h5-6,11,15,18H,2-4,7-10,12-13H2,1H3/t15-/m0/s1. The second-order valence-corrected chi connectivity index (χ2v) is 8.45. The fraction of sp³-hybridized carbons (Fsp3) is 0.688. The van der Waals surface area contributed by atoms with E-state index in [2.05, 4.69) is 31.6 Å². The molecule has 3 rings (SSSR count). The minimum atomic E-state index is -3.17. The summed E-state index contributed by atoms with van der Waals surface area (Å²) in [7, 11) is -3.17. The van der Waals surface area contributed by atoms with Crippen molar-refractivity contribution in [1.82, 2.24) is 14.6 Å². The summed E-state index contributed by atoms with van der Waals surface area (Å²) in [5.41, 5.74) is 1.15. The molecule has 23 heavy (non-hydrogen) atoms. The number of pyridine rings is 1. The molecule has 0 bridgehead atoms. The summed E-state index contributed by atoms with van der Waals surface area (Å²) in [6.07, 6.45) is 5.13. The normalized spacial score (nSPS) is 22.8. The predicted molar refractivity (Wildman–Crippen MR) is 92.0 cm³/mol. The highest BCUT2D eigenvalue weighted by Gasteiger charge is 2.32. The first kappa shape index (κ1) is 16.7. The molecule has 6 nitrogen and oxygen atoms in total. The molecule has 128 valence electrons. The average Bonchev–Trinajstić information content (AvgIpc) is 3.19. The van der Waals surface area contributed by atoms with Gasteiger partial charge in [-0.1, -0.05) is 13.0 Å². The highest BCUT2D eigenvalue weighted by Crippen LogP contribution is 2.21. The maximum Gasteiger partial charge on any atom is 0.215 e. The number of likely N-dealkylation sites (tertiary alicyclic amines) is 1. The number of anilines is 1. The third-order valence-electron chi connectivity index (χ3n) is 4.66. The van der Waals surface area contributed by atoms with Gasteiger partial charge < -0.3 is 4.90 Å². The van der Waals surface area contributed by atoms with Gasteiger partial charge in [0, 0.05) is 38.9 Å². The number of hydrogen-bond acceptors (Lipinski definition) is 5. The van der Waals surface area contributed by atoms with E-state index in [9.17, 15) is 8.42 Å². The minimum absolute atomic E-state index is 0.292. The minimum Gasteiger partial charge on any atom is -0.357 e. The van der Waals surface area contributed by atoms with Crippen LogP contribution in [0.1, 0.15) is 31.7 Å². The predicted octanol–water partition coefficient (Wildman–Crippen LogP) is 1.20. The zero-order chi connectivity index (χ0) is 16.3. The first-order valence-corrected chi connectivity index (χ1v) is 10.0. The van der Waals surface area contributed by atoms with Crippen molar-refractivity contribution in [2.45, 2.75) is 38.0 Å². The lowest BCUT2D eigenvalue weighted by atomic mass is 10.2. The van der Waals surface area contributed by atoms with Crippen molar-refractivity contribution in [2.75, 3.05) is 37.6 Å². The molecule has 3 heterocycles. The fourth-order valence-corrected chi connectivity index (χ4v) is 4.88. The van der Waals surface area contributed by atoms with Crippen LogP contribution in [0.4, 0.5) is 5.82 Å². The van der Waals surface area contributed by atoms with E-state index in [0.29, 0.717) is 19.5 Å². The van der Waals surface area contributed by atoms with Crippen molar-refractivity contribution in [3.05, 3.63) is 23.9 Å². The fourth-order valence-electron chi connectivity index (χ4n) is 3.41. The monoisotopic (exact) mass is 338 g/mol. The third kappa shape index (κ3) is 4.02. The van der Waals surface area contributed by atoms with E-state index in [0.717, 1.165) is 37.6 Å². The van der Waals surface area contributed by atoms with Gasteiger partial charge in [0.05, 0.1) is 5.25 Å². The van der Waals surface area contributed by atoms with Gasteiger partial charge in [0.25, 0.3) is 0 Å². The molecule has 0 aromatic carbocycles. The number of sulfonamides is 1. The molecule has 1 aromatic rings. The number of hydrogen-bond donors (Lipinski definition) is 1. The molecule has 2 aliphatic heterocycles. The van der Waals surface area contributed by atoms with Crippen LogP contribution in [-0.4, -0.2) is 56.3 Å². The van der Waals surface area contributed by atoms with Crippen LogP contribution in [0.25, 0.3) is 0 Å². The molecule has 0 unspecified atom stereocenters. The molecule has 0 amide bonds. The first-order valence-electron chi connectivity index (χ1n) is 8.49. The quantitative estimate of drug-likeness (QED) is 0.844. The number of aromatic nitrogens is 1. The van der Waals surface area contributed by atoms with Crippen LogP contribution in [0, 0.1) is 0 Å². The molecule has 0 spiro atoms. The van der Waals surface area contributed by atoms with Gasteiger partial charge in [-0.25, -0.2) is 18.1 Å². The van der Waals surface area contributed by atoms with E-state index in [1.54, 1.807) is 0 Å². The lowest BCUT2D eigenvalue weighted by Gasteiger charge is -2.18. The maximum atomic E-state index is 12.1. The van der Waals surface area contributed by atoms with Crippen LogP contribution in [0.5, 0.6) is 0 Å². The molecule has 1 N–H and O–H groups in total. The molecule has 2 aliphatic rings. The van der Waals surface area contributed by atoms with Crippen LogP contribution >= 0.6 is 0 Å². The number of nitrogens with zero attached hydrogens (tertiary/aromatic N) is 3. The zero-order valence-electron chi connectivity index (χ0n) is 13.7. The van der Waals surface area contributed by atoms with Crippen LogP contribution in [0.3, 0.4) is 0 Å². The molecule has 0 aliphatic carbocycles. The highest BCUT2D eigenvalue weighted by atomic mass is 32.2. The van der Waals surface area contributed by atoms with Gasteiger partial charge in [-0.05, 0) is 37.4 Å². The Morgan fingerprint density at radius 2 is 2.04 bits per heavy atom. The van der Waals surface area contributed by atoms with Gasteiger partial charge in [-0.15, -0.1) is 0 Å². The smallest absolute Gasteiger partial charge is 0.215 e. The van der Waals surface area contributed by atoms with Crippen LogP contribution < -0.4 is 9.62 Å². The van der Waals surface area contributed by atoms with Crippen molar-refractivity contribution in [2.24, 2.45) is 0 Å². The van der Waals surface area contributed by atoms with Gasteiger partial charge >= 0.3 is 0 Å². The maximum absolute atomic E-state index is 12.1. The van der Waals surface area contributed by atoms with Crippen LogP contribution in [0.2, 0.25) is 0 Å². The van der Waals surface area contributed by atoms with E-state index in [4.69, 9.17) is 0 Å². The van der Waals surface area contributed by atoms with Gasteiger partial charge in [-0.2, -0.15) is 0 Å². The number of rotatable bonds is 6. The summed E-state index contributed by atoms with van der Waals surface area (Å²) < 4.78 is 26.7. The number of nitrogens with one attached hydrogen (secondary N) is 1. The second-order valence-electron chi connectivity index (χ2n) is 6.41. The van der Waals surface area contributed by atoms with Gasteiger partial charge in [-0.3, -0.25) is 4.90 Å². The summed E-state index contributed by atoms with van der Waals surface area (Å²) in [5, 5.41) is -0.292. The van der Waals surface area contributed by atoms with E-state index in [-0.39, 0.29) is 5.25 Å². The van der Waals surface area contributed by atoms with E-state index >= 15 is 0 Å². The van der Waals surface area contributed by atoms with Crippen molar-refractivity contribution >= 4 is 15.8 Å². The largest absolute Gasteiger partial charge is 0.357 e. The topological polar surface area (TPSA) is 65.5 Å². The lowest BCUT2D eigenvalue weighted by Crippen LogP contribution is -2.36. The second kappa shape index (κ2) is 7.15. The molecule has 1 atom stereocenters. The van der Waals surface area contributed by atoms with Crippen LogP contribution in [-0.2, 0) is 16.6 Å². The Kier molecular flexibility index (Phi) is 5.18. The Hall–Kier alpha value is -1.18. The van der Waals surface area contributed by atoms with Crippen molar-refractivity contribution in [3.8, 4) is 0 Å². The molecule has 7 heteroatoms. The summed E-state index contributed by atoms with van der Waals surface area (Å²) in [6, 6.07) is 4.20.